The van der Waals surface area contributed by atoms with Crippen molar-refractivity contribution in [3.8, 4) is 5.88 Å². The predicted molar refractivity (Wildman–Crippen MR) is 106 cm³/mol. The van der Waals surface area contributed by atoms with Gasteiger partial charge in [-0.25, -0.2) is 4.98 Å². The van der Waals surface area contributed by atoms with Crippen molar-refractivity contribution in [3.05, 3.63) is 59.8 Å². The Labute approximate surface area is 165 Å². The third-order valence-electron chi connectivity index (χ3n) is 4.64. The summed E-state index contributed by atoms with van der Waals surface area (Å²) in [6, 6.07) is 13.3. The maximum absolute atomic E-state index is 12.8. The second kappa shape index (κ2) is 9.85. The molecule has 1 aliphatic heterocycles. The number of carbonyl (C=O) groups excluding carboxylic acids is 2. The lowest BCUT2D eigenvalue weighted by atomic mass is 10.2. The monoisotopic (exact) mass is 382 g/mol. The number of amides is 2. The zero-order chi connectivity index (χ0) is 19.8. The predicted octanol–water partition coefficient (Wildman–Crippen LogP) is 1.55. The molecule has 0 atom stereocenters. The Morgan fingerprint density at radius 3 is 2.54 bits per heavy atom. The fourth-order valence-corrected chi connectivity index (χ4v) is 3.14. The summed E-state index contributed by atoms with van der Waals surface area (Å²) in [7, 11) is 0. The number of rotatable bonds is 7. The van der Waals surface area contributed by atoms with Crippen molar-refractivity contribution < 1.29 is 14.3 Å². The highest BCUT2D eigenvalue weighted by atomic mass is 16.5. The Kier molecular flexibility index (Phi) is 6.97. The Balaban J connectivity index is 1.46. The van der Waals surface area contributed by atoms with Crippen molar-refractivity contribution in [2.24, 2.45) is 0 Å². The minimum atomic E-state index is -0.0790. The molecule has 0 spiro atoms. The summed E-state index contributed by atoms with van der Waals surface area (Å²) in [6.45, 7) is 5.67. The van der Waals surface area contributed by atoms with Gasteiger partial charge in [0.05, 0.1) is 13.2 Å². The maximum atomic E-state index is 12.8. The van der Waals surface area contributed by atoms with Gasteiger partial charge in [0.2, 0.25) is 11.8 Å². The molecule has 7 heteroatoms. The summed E-state index contributed by atoms with van der Waals surface area (Å²) < 4.78 is 5.46. The fraction of sp³-hybridized carbons (Fsp3) is 0.381. The third kappa shape index (κ3) is 5.29. The van der Waals surface area contributed by atoms with E-state index < -0.39 is 0 Å². The number of hydrogen-bond donors (Lipinski definition) is 1. The first-order valence-corrected chi connectivity index (χ1v) is 9.57. The van der Waals surface area contributed by atoms with E-state index in [0.29, 0.717) is 57.3 Å². The molecule has 1 N–H and O–H groups in total. The van der Waals surface area contributed by atoms with E-state index in [1.807, 2.05) is 37.3 Å². The Hall–Kier alpha value is -2.93. The number of pyridine rings is 1. The summed E-state index contributed by atoms with van der Waals surface area (Å²) in [4.78, 5) is 33.0. The molecule has 0 unspecified atom stereocenters. The highest BCUT2D eigenvalue weighted by molar-refractivity contribution is 5.96. The Bertz CT molecular complexity index is 789. The van der Waals surface area contributed by atoms with Crippen LogP contribution in [0.15, 0.2) is 48.7 Å². The smallest absolute Gasteiger partial charge is 0.259 e. The first kappa shape index (κ1) is 19.8. The van der Waals surface area contributed by atoms with Gasteiger partial charge in [-0.3, -0.25) is 14.5 Å². The van der Waals surface area contributed by atoms with Crippen LogP contribution < -0.4 is 10.1 Å². The van der Waals surface area contributed by atoms with E-state index in [4.69, 9.17) is 4.74 Å². The van der Waals surface area contributed by atoms with E-state index in [1.165, 1.54) is 0 Å². The number of aromatic nitrogens is 1. The molecular formula is C21H26N4O3. The van der Waals surface area contributed by atoms with E-state index >= 15 is 0 Å². The standard InChI is InChI=1S/C21H26N4O3/c1-2-28-20-18(9-6-10-22-20)21(27)25-13-11-24(12-14-25)16-19(26)23-15-17-7-4-3-5-8-17/h3-10H,2,11-16H2,1H3,(H,23,26). The molecule has 0 bridgehead atoms. The molecular weight excluding hydrogens is 356 g/mol. The van der Waals surface area contributed by atoms with Crippen molar-refractivity contribution in [1.29, 1.82) is 0 Å². The molecule has 1 fully saturated rings. The summed E-state index contributed by atoms with van der Waals surface area (Å²) in [6.07, 6.45) is 1.62. The molecule has 0 saturated carbocycles. The average molecular weight is 382 g/mol. The van der Waals surface area contributed by atoms with Crippen molar-refractivity contribution in [2.45, 2.75) is 13.5 Å². The van der Waals surface area contributed by atoms with Crippen LogP contribution in [-0.2, 0) is 11.3 Å². The number of benzene rings is 1. The second-order valence-electron chi connectivity index (χ2n) is 6.62. The molecule has 1 aromatic carbocycles. The van der Waals surface area contributed by atoms with Gasteiger partial charge >= 0.3 is 0 Å². The Morgan fingerprint density at radius 2 is 1.82 bits per heavy atom. The molecule has 1 aromatic heterocycles. The van der Waals surface area contributed by atoms with E-state index in [2.05, 4.69) is 15.2 Å². The topological polar surface area (TPSA) is 74.8 Å². The molecule has 148 valence electrons. The van der Waals surface area contributed by atoms with Gasteiger partial charge < -0.3 is 15.0 Å². The summed E-state index contributed by atoms with van der Waals surface area (Å²) in [5, 5.41) is 2.94. The summed E-state index contributed by atoms with van der Waals surface area (Å²) in [5.74, 6) is 0.289. The molecule has 1 aliphatic rings. The molecule has 3 rings (SSSR count). The van der Waals surface area contributed by atoms with Gasteiger partial charge in [0, 0.05) is 38.9 Å². The lowest BCUT2D eigenvalue weighted by molar-refractivity contribution is -0.122. The van der Waals surface area contributed by atoms with Crippen LogP contribution in [0.25, 0.3) is 0 Å². The fourth-order valence-electron chi connectivity index (χ4n) is 3.14. The van der Waals surface area contributed by atoms with Crippen LogP contribution in [0, 0.1) is 0 Å². The van der Waals surface area contributed by atoms with Gasteiger partial charge in [0.25, 0.3) is 5.91 Å². The number of carbonyl (C=O) groups is 2. The zero-order valence-corrected chi connectivity index (χ0v) is 16.1. The van der Waals surface area contributed by atoms with Crippen molar-refractivity contribution in [1.82, 2.24) is 20.1 Å². The molecule has 1 saturated heterocycles. The average Bonchev–Trinajstić information content (AvgIpc) is 2.74. The lowest BCUT2D eigenvalue weighted by Crippen LogP contribution is -2.51. The minimum Gasteiger partial charge on any atom is -0.477 e. The molecule has 2 amide bonds. The van der Waals surface area contributed by atoms with Gasteiger partial charge in [0.15, 0.2) is 0 Å². The van der Waals surface area contributed by atoms with E-state index in [0.717, 1.165) is 5.56 Å². The molecule has 2 heterocycles. The van der Waals surface area contributed by atoms with Crippen molar-refractivity contribution >= 4 is 11.8 Å². The van der Waals surface area contributed by atoms with Crippen LogP contribution in [0.2, 0.25) is 0 Å². The van der Waals surface area contributed by atoms with Crippen molar-refractivity contribution in [2.75, 3.05) is 39.3 Å². The molecule has 0 radical (unpaired) electrons. The largest absolute Gasteiger partial charge is 0.477 e. The molecule has 2 aromatic rings. The van der Waals surface area contributed by atoms with E-state index in [9.17, 15) is 9.59 Å². The van der Waals surface area contributed by atoms with Crippen LogP contribution >= 0.6 is 0 Å². The van der Waals surface area contributed by atoms with Gasteiger partial charge in [-0.05, 0) is 24.6 Å². The normalized spacial score (nSPS) is 14.5. The first-order valence-electron chi connectivity index (χ1n) is 9.57. The van der Waals surface area contributed by atoms with Gasteiger partial charge in [-0.15, -0.1) is 0 Å². The van der Waals surface area contributed by atoms with Crippen molar-refractivity contribution in [3.63, 3.8) is 0 Å². The zero-order valence-electron chi connectivity index (χ0n) is 16.1. The number of ether oxygens (including phenoxy) is 1. The molecule has 7 nitrogen and oxygen atoms in total. The number of piperazine rings is 1. The lowest BCUT2D eigenvalue weighted by Gasteiger charge is -2.34. The molecule has 0 aliphatic carbocycles. The SMILES string of the molecule is CCOc1ncccc1C(=O)N1CCN(CC(=O)NCc2ccccc2)CC1. The minimum absolute atomic E-state index is 0.00507. The van der Waals surface area contributed by atoms with Gasteiger partial charge in [0.1, 0.15) is 5.56 Å². The van der Waals surface area contributed by atoms with Crippen LogP contribution in [0.5, 0.6) is 5.88 Å². The quantitative estimate of drug-likeness (QED) is 0.787. The number of nitrogens with zero attached hydrogens (tertiary/aromatic N) is 3. The highest BCUT2D eigenvalue weighted by Crippen LogP contribution is 2.17. The third-order valence-corrected chi connectivity index (χ3v) is 4.64. The van der Waals surface area contributed by atoms with E-state index in [-0.39, 0.29) is 11.8 Å². The summed E-state index contributed by atoms with van der Waals surface area (Å²) in [5.41, 5.74) is 1.56. The first-order chi connectivity index (χ1) is 13.7. The number of nitrogens with one attached hydrogen (secondary N) is 1. The second-order valence-corrected chi connectivity index (χ2v) is 6.62. The Morgan fingerprint density at radius 1 is 1.07 bits per heavy atom. The van der Waals surface area contributed by atoms with Gasteiger partial charge in [-0.2, -0.15) is 0 Å². The molecule has 28 heavy (non-hydrogen) atoms. The van der Waals surface area contributed by atoms with Gasteiger partial charge in [-0.1, -0.05) is 30.3 Å². The van der Waals surface area contributed by atoms with Crippen LogP contribution in [0.1, 0.15) is 22.8 Å². The van der Waals surface area contributed by atoms with E-state index in [1.54, 1.807) is 23.2 Å². The highest BCUT2D eigenvalue weighted by Gasteiger charge is 2.25. The van der Waals surface area contributed by atoms with Crippen LogP contribution in [0.4, 0.5) is 0 Å². The summed E-state index contributed by atoms with van der Waals surface area (Å²) >= 11 is 0. The number of hydrogen-bond acceptors (Lipinski definition) is 5. The maximum Gasteiger partial charge on any atom is 0.259 e. The van der Waals surface area contributed by atoms with Crippen LogP contribution in [0.3, 0.4) is 0 Å². The van der Waals surface area contributed by atoms with Crippen LogP contribution in [-0.4, -0.2) is 65.9 Å².